The molecular formula is C18H23NO2. The Labute approximate surface area is 127 Å². The first-order valence-corrected chi connectivity index (χ1v) is 7.23. The Morgan fingerprint density at radius 1 is 1.43 bits per heavy atom. The molecule has 0 bridgehead atoms. The van der Waals surface area contributed by atoms with Crippen molar-refractivity contribution in [3.05, 3.63) is 42.0 Å². The van der Waals surface area contributed by atoms with E-state index in [-0.39, 0.29) is 18.3 Å². The molecule has 0 aromatic heterocycles. The second kappa shape index (κ2) is 7.64. The van der Waals surface area contributed by atoms with Gasteiger partial charge in [-0.1, -0.05) is 43.8 Å². The first-order chi connectivity index (χ1) is 9.91. The number of carbonyl (C=O) groups is 1. The molecule has 112 valence electrons. The van der Waals surface area contributed by atoms with E-state index in [9.17, 15) is 4.79 Å². The van der Waals surface area contributed by atoms with Gasteiger partial charge in [-0.3, -0.25) is 4.79 Å². The second-order valence-corrected chi connectivity index (χ2v) is 5.77. The summed E-state index contributed by atoms with van der Waals surface area (Å²) >= 11 is 0. The van der Waals surface area contributed by atoms with Gasteiger partial charge in [0.2, 0.25) is 0 Å². The first-order valence-electron chi connectivity index (χ1n) is 7.23. The van der Waals surface area contributed by atoms with Crippen LogP contribution in [-0.4, -0.2) is 11.6 Å². The van der Waals surface area contributed by atoms with E-state index in [1.54, 1.807) is 19.9 Å². The van der Waals surface area contributed by atoms with Gasteiger partial charge in [-0.2, -0.15) is 5.26 Å². The zero-order valence-electron chi connectivity index (χ0n) is 13.1. The lowest BCUT2D eigenvalue weighted by Crippen LogP contribution is -2.31. The maximum Gasteiger partial charge on any atom is 0.309 e. The molecule has 0 saturated carbocycles. The molecule has 0 N–H and O–H groups in total. The third kappa shape index (κ3) is 5.43. The minimum atomic E-state index is -0.730. The van der Waals surface area contributed by atoms with E-state index in [2.05, 4.69) is 6.58 Å². The molecule has 1 rings (SSSR count). The van der Waals surface area contributed by atoms with Crippen molar-refractivity contribution in [1.29, 1.82) is 5.26 Å². The number of hydrogen-bond acceptors (Lipinski definition) is 3. The molecular weight excluding hydrogens is 262 g/mol. The zero-order valence-corrected chi connectivity index (χ0v) is 13.1. The second-order valence-electron chi connectivity index (χ2n) is 5.77. The molecule has 3 heteroatoms. The fraction of sp³-hybridized carbons (Fsp3) is 0.444. The minimum absolute atomic E-state index is 0.183. The van der Waals surface area contributed by atoms with Gasteiger partial charge in [0.1, 0.15) is 5.60 Å². The zero-order chi connectivity index (χ0) is 15.9. The van der Waals surface area contributed by atoms with Crippen LogP contribution in [0.5, 0.6) is 0 Å². The summed E-state index contributed by atoms with van der Waals surface area (Å²) < 4.78 is 5.47. The van der Waals surface area contributed by atoms with E-state index in [0.29, 0.717) is 12.8 Å². The van der Waals surface area contributed by atoms with Crippen LogP contribution in [0.2, 0.25) is 0 Å². The summed E-state index contributed by atoms with van der Waals surface area (Å²) in [6.45, 7) is 9.22. The smallest absolute Gasteiger partial charge is 0.309 e. The van der Waals surface area contributed by atoms with E-state index in [1.165, 1.54) is 0 Å². The van der Waals surface area contributed by atoms with Gasteiger partial charge in [-0.15, -0.1) is 0 Å². The summed E-state index contributed by atoms with van der Waals surface area (Å²) in [5, 5.41) is 8.75. The molecule has 0 aliphatic carbocycles. The van der Waals surface area contributed by atoms with Crippen molar-refractivity contribution in [2.45, 2.75) is 45.6 Å². The Morgan fingerprint density at radius 2 is 2.05 bits per heavy atom. The number of nitriles is 1. The quantitative estimate of drug-likeness (QED) is 0.708. The molecule has 0 aliphatic heterocycles. The van der Waals surface area contributed by atoms with Crippen LogP contribution in [-0.2, 0) is 16.0 Å². The van der Waals surface area contributed by atoms with Crippen molar-refractivity contribution in [3.63, 3.8) is 0 Å². The van der Waals surface area contributed by atoms with Crippen LogP contribution in [0.3, 0.4) is 0 Å². The standard InChI is InChI=1S/C18H23NO2/c1-5-14-7-9-15(10-8-14)13-16(6-2)17(20)21-18(3,4)11-12-19/h5,7-10,16H,1,6,11,13H2,2-4H3. The van der Waals surface area contributed by atoms with Gasteiger partial charge in [0, 0.05) is 0 Å². The molecule has 0 aliphatic rings. The first kappa shape index (κ1) is 17.0. The molecule has 0 spiro atoms. The molecule has 1 aromatic carbocycles. The molecule has 0 radical (unpaired) electrons. The summed E-state index contributed by atoms with van der Waals surface area (Å²) in [6.07, 6.45) is 3.35. The average Bonchev–Trinajstić information content (AvgIpc) is 2.44. The largest absolute Gasteiger partial charge is 0.458 e. The molecule has 0 saturated heterocycles. The lowest BCUT2D eigenvalue weighted by molar-refractivity contribution is -0.161. The SMILES string of the molecule is C=Cc1ccc(CC(CC)C(=O)OC(C)(C)CC#N)cc1. The Morgan fingerprint density at radius 3 is 2.52 bits per heavy atom. The summed E-state index contributed by atoms with van der Waals surface area (Å²) in [5.74, 6) is -0.414. The minimum Gasteiger partial charge on any atom is -0.458 e. The predicted octanol–water partition coefficient (Wildman–Crippen LogP) is 4.13. The number of rotatable bonds is 7. The lowest BCUT2D eigenvalue weighted by atomic mass is 9.95. The van der Waals surface area contributed by atoms with Gasteiger partial charge in [0.15, 0.2) is 0 Å². The van der Waals surface area contributed by atoms with Crippen LogP contribution in [0.15, 0.2) is 30.8 Å². The molecule has 0 amide bonds. The van der Waals surface area contributed by atoms with Crippen LogP contribution in [0.1, 0.15) is 44.7 Å². The summed E-state index contributed by atoms with van der Waals surface area (Å²) in [7, 11) is 0. The van der Waals surface area contributed by atoms with E-state index in [1.807, 2.05) is 37.3 Å². The Kier molecular flexibility index (Phi) is 6.17. The Balaban J connectivity index is 2.71. The predicted molar refractivity (Wildman–Crippen MR) is 84.4 cm³/mol. The molecule has 1 atom stereocenters. The Hall–Kier alpha value is -2.08. The van der Waals surface area contributed by atoms with E-state index < -0.39 is 5.60 Å². The van der Waals surface area contributed by atoms with Crippen molar-refractivity contribution in [1.82, 2.24) is 0 Å². The summed E-state index contributed by atoms with van der Waals surface area (Å²) in [4.78, 5) is 12.2. The van der Waals surface area contributed by atoms with Crippen molar-refractivity contribution in [2.75, 3.05) is 0 Å². The maximum absolute atomic E-state index is 12.2. The van der Waals surface area contributed by atoms with Crippen molar-refractivity contribution in [2.24, 2.45) is 5.92 Å². The third-order valence-corrected chi connectivity index (χ3v) is 3.41. The summed E-state index contributed by atoms with van der Waals surface area (Å²) in [5.41, 5.74) is 1.43. The number of hydrogen-bond donors (Lipinski definition) is 0. The van der Waals surface area contributed by atoms with Gasteiger partial charge >= 0.3 is 5.97 Å². The van der Waals surface area contributed by atoms with E-state index in [4.69, 9.17) is 10.00 Å². The van der Waals surface area contributed by atoms with Gasteiger partial charge in [0.25, 0.3) is 0 Å². The normalized spacial score (nSPS) is 12.3. The number of ether oxygens (including phenoxy) is 1. The highest BCUT2D eigenvalue weighted by molar-refractivity contribution is 5.73. The number of carbonyl (C=O) groups excluding carboxylic acids is 1. The molecule has 3 nitrogen and oxygen atoms in total. The van der Waals surface area contributed by atoms with Crippen LogP contribution in [0, 0.1) is 17.2 Å². The molecule has 0 heterocycles. The topological polar surface area (TPSA) is 50.1 Å². The number of esters is 1. The highest BCUT2D eigenvalue weighted by Crippen LogP contribution is 2.20. The number of benzene rings is 1. The highest BCUT2D eigenvalue weighted by Gasteiger charge is 2.27. The highest BCUT2D eigenvalue weighted by atomic mass is 16.6. The molecule has 21 heavy (non-hydrogen) atoms. The van der Waals surface area contributed by atoms with Crippen molar-refractivity contribution < 1.29 is 9.53 Å². The van der Waals surface area contributed by atoms with E-state index in [0.717, 1.165) is 11.1 Å². The Bertz CT molecular complexity index is 523. The monoisotopic (exact) mass is 285 g/mol. The van der Waals surface area contributed by atoms with Crippen LogP contribution >= 0.6 is 0 Å². The van der Waals surface area contributed by atoms with Crippen LogP contribution in [0.25, 0.3) is 6.08 Å². The third-order valence-electron chi connectivity index (χ3n) is 3.41. The average molecular weight is 285 g/mol. The fourth-order valence-corrected chi connectivity index (χ4v) is 2.05. The van der Waals surface area contributed by atoms with Gasteiger partial charge < -0.3 is 4.74 Å². The van der Waals surface area contributed by atoms with Gasteiger partial charge in [-0.05, 0) is 37.8 Å². The summed E-state index contributed by atoms with van der Waals surface area (Å²) in [6, 6.07) is 10.0. The van der Waals surface area contributed by atoms with Gasteiger partial charge in [0.05, 0.1) is 18.4 Å². The van der Waals surface area contributed by atoms with Crippen molar-refractivity contribution in [3.8, 4) is 6.07 Å². The molecule has 1 unspecified atom stereocenters. The van der Waals surface area contributed by atoms with Gasteiger partial charge in [-0.25, -0.2) is 0 Å². The molecule has 0 fully saturated rings. The lowest BCUT2D eigenvalue weighted by Gasteiger charge is -2.25. The number of nitrogens with zero attached hydrogens (tertiary/aromatic N) is 1. The van der Waals surface area contributed by atoms with Crippen molar-refractivity contribution >= 4 is 12.0 Å². The van der Waals surface area contributed by atoms with Crippen LogP contribution < -0.4 is 0 Å². The maximum atomic E-state index is 12.2. The molecule has 1 aromatic rings. The van der Waals surface area contributed by atoms with E-state index >= 15 is 0 Å². The fourth-order valence-electron chi connectivity index (χ4n) is 2.05. The van der Waals surface area contributed by atoms with Crippen LogP contribution in [0.4, 0.5) is 0 Å².